The summed E-state index contributed by atoms with van der Waals surface area (Å²) in [6.07, 6.45) is -0.651. The van der Waals surface area contributed by atoms with Crippen LogP contribution in [0.1, 0.15) is 34.5 Å². The van der Waals surface area contributed by atoms with Crippen molar-refractivity contribution in [2.45, 2.75) is 25.5 Å². The third-order valence-electron chi connectivity index (χ3n) is 3.61. The molecule has 2 aromatic rings. The predicted molar refractivity (Wildman–Crippen MR) is 74.8 cm³/mol. The number of aromatic nitrogens is 2. The highest BCUT2D eigenvalue weighted by molar-refractivity contribution is 6.30. The first-order valence-electron chi connectivity index (χ1n) is 6.80. The van der Waals surface area contributed by atoms with Crippen molar-refractivity contribution in [3.63, 3.8) is 0 Å². The van der Waals surface area contributed by atoms with Gasteiger partial charge in [-0.1, -0.05) is 16.8 Å². The van der Waals surface area contributed by atoms with Gasteiger partial charge >= 0.3 is 0 Å². The summed E-state index contributed by atoms with van der Waals surface area (Å²) in [4.78, 5) is 17.8. The van der Waals surface area contributed by atoms with Crippen molar-refractivity contribution in [1.29, 1.82) is 0 Å². The van der Waals surface area contributed by atoms with E-state index >= 15 is 0 Å². The fourth-order valence-corrected chi connectivity index (χ4v) is 2.71. The number of rotatable bonds is 2. The van der Waals surface area contributed by atoms with E-state index in [0.717, 1.165) is 12.1 Å². The van der Waals surface area contributed by atoms with Crippen molar-refractivity contribution in [2.24, 2.45) is 0 Å². The standard InChI is InChI=1S/C14H12ClF2N3O3/c1-6-18-13(23-19-6)12-2-7(21)5-20(12)14(22)8-3-11(17)9(15)4-10(8)16/h3-4,7,12,21H,2,5H2,1H3/t7-,12+/m0/s1. The molecule has 0 saturated carbocycles. The normalized spacial score (nSPS) is 21.0. The highest BCUT2D eigenvalue weighted by atomic mass is 35.5. The van der Waals surface area contributed by atoms with Crippen LogP contribution in [-0.2, 0) is 0 Å². The van der Waals surface area contributed by atoms with Crippen LogP contribution in [0.15, 0.2) is 16.7 Å². The second kappa shape index (κ2) is 5.86. The molecule has 0 radical (unpaired) electrons. The molecule has 3 rings (SSSR count). The molecule has 6 nitrogen and oxygen atoms in total. The minimum Gasteiger partial charge on any atom is -0.391 e. The Bertz CT molecular complexity index is 768. The van der Waals surface area contributed by atoms with Gasteiger partial charge in [0.15, 0.2) is 5.82 Å². The molecule has 0 unspecified atom stereocenters. The Labute approximate surface area is 134 Å². The number of aryl methyl sites for hydroxylation is 1. The minimum absolute atomic E-state index is 0.0470. The number of nitrogens with zero attached hydrogens (tertiary/aromatic N) is 3. The largest absolute Gasteiger partial charge is 0.391 e. The highest BCUT2D eigenvalue weighted by Gasteiger charge is 2.39. The van der Waals surface area contributed by atoms with Gasteiger partial charge in [-0.2, -0.15) is 4.98 Å². The van der Waals surface area contributed by atoms with E-state index in [0.29, 0.717) is 5.82 Å². The number of amides is 1. The second-order valence-electron chi connectivity index (χ2n) is 5.29. The van der Waals surface area contributed by atoms with Gasteiger partial charge in [-0.25, -0.2) is 8.78 Å². The van der Waals surface area contributed by atoms with Crippen molar-refractivity contribution >= 4 is 17.5 Å². The molecule has 1 aromatic carbocycles. The van der Waals surface area contributed by atoms with Crippen LogP contribution in [0.3, 0.4) is 0 Å². The molecule has 1 amide bonds. The zero-order valence-electron chi connectivity index (χ0n) is 12.0. The molecule has 0 bridgehead atoms. The van der Waals surface area contributed by atoms with E-state index in [4.69, 9.17) is 16.1 Å². The Kier molecular flexibility index (Phi) is 4.03. The molecule has 1 saturated heterocycles. The van der Waals surface area contributed by atoms with Crippen LogP contribution in [0, 0.1) is 18.6 Å². The van der Waals surface area contributed by atoms with Crippen molar-refractivity contribution in [3.8, 4) is 0 Å². The maximum Gasteiger partial charge on any atom is 0.257 e. The molecule has 2 heterocycles. The smallest absolute Gasteiger partial charge is 0.257 e. The first kappa shape index (κ1) is 15.8. The zero-order valence-corrected chi connectivity index (χ0v) is 12.7. The number of likely N-dealkylation sites (tertiary alicyclic amines) is 1. The Balaban J connectivity index is 1.95. The summed E-state index contributed by atoms with van der Waals surface area (Å²) in [5, 5.41) is 13.1. The third-order valence-corrected chi connectivity index (χ3v) is 3.90. The van der Waals surface area contributed by atoms with Crippen molar-refractivity contribution < 1.29 is 23.2 Å². The van der Waals surface area contributed by atoms with E-state index < -0.39 is 40.3 Å². The summed E-state index contributed by atoms with van der Waals surface area (Å²) in [5.41, 5.74) is -0.470. The maximum atomic E-state index is 14.0. The van der Waals surface area contributed by atoms with Gasteiger partial charge in [-0.05, 0) is 19.1 Å². The number of β-amino-alcohol motifs (C(OH)–C–C–N with tert-alkyl or cyclic N) is 1. The SMILES string of the molecule is Cc1noc([C@H]2C[C@H](O)CN2C(=O)c2cc(F)c(Cl)cc2F)n1. The Morgan fingerprint density at radius 3 is 2.83 bits per heavy atom. The fourth-order valence-electron chi connectivity index (χ4n) is 2.56. The average molecular weight is 344 g/mol. The lowest BCUT2D eigenvalue weighted by Gasteiger charge is -2.22. The summed E-state index contributed by atoms with van der Waals surface area (Å²) in [6, 6.07) is 0.778. The number of halogens is 3. The van der Waals surface area contributed by atoms with Crippen LogP contribution in [0.4, 0.5) is 8.78 Å². The van der Waals surface area contributed by atoms with Crippen molar-refractivity contribution in [1.82, 2.24) is 15.0 Å². The number of carbonyl (C=O) groups is 1. The van der Waals surface area contributed by atoms with E-state index in [2.05, 4.69) is 10.1 Å². The van der Waals surface area contributed by atoms with Gasteiger partial charge in [0.1, 0.15) is 17.7 Å². The first-order chi connectivity index (χ1) is 10.9. The molecule has 1 aliphatic rings. The van der Waals surface area contributed by atoms with Crippen LogP contribution >= 0.6 is 11.6 Å². The lowest BCUT2D eigenvalue weighted by atomic mass is 10.1. The molecule has 1 fully saturated rings. The summed E-state index contributed by atoms with van der Waals surface area (Å²) in [7, 11) is 0. The van der Waals surface area contributed by atoms with E-state index in [1.165, 1.54) is 4.90 Å². The van der Waals surface area contributed by atoms with Gasteiger partial charge in [0, 0.05) is 13.0 Å². The van der Waals surface area contributed by atoms with E-state index in [9.17, 15) is 18.7 Å². The maximum absolute atomic E-state index is 14.0. The molecule has 0 aliphatic carbocycles. The molecular formula is C14H12ClF2N3O3. The predicted octanol–water partition coefficient (Wildman–Crippen LogP) is 2.26. The average Bonchev–Trinajstić information content (AvgIpc) is 3.08. The van der Waals surface area contributed by atoms with E-state index in [1.807, 2.05) is 0 Å². The second-order valence-corrected chi connectivity index (χ2v) is 5.70. The quantitative estimate of drug-likeness (QED) is 0.846. The highest BCUT2D eigenvalue weighted by Crippen LogP contribution is 2.33. The Hall–Kier alpha value is -2.06. The van der Waals surface area contributed by atoms with Crippen LogP contribution in [0.2, 0.25) is 5.02 Å². The van der Waals surface area contributed by atoms with Gasteiger partial charge in [-0.3, -0.25) is 4.79 Å². The minimum atomic E-state index is -0.941. The number of aliphatic hydroxyl groups excluding tert-OH is 1. The van der Waals surface area contributed by atoms with Gasteiger partial charge in [0.05, 0.1) is 16.7 Å². The molecule has 1 aliphatic heterocycles. The van der Waals surface area contributed by atoms with Crippen LogP contribution in [0.25, 0.3) is 0 Å². The number of benzene rings is 1. The Morgan fingerprint density at radius 1 is 1.43 bits per heavy atom. The molecule has 2 atom stereocenters. The summed E-state index contributed by atoms with van der Waals surface area (Å²) in [6.45, 7) is 1.56. The van der Waals surface area contributed by atoms with Crippen LogP contribution in [-0.4, -0.2) is 38.7 Å². The molecule has 1 N–H and O–H groups in total. The Morgan fingerprint density at radius 2 is 2.17 bits per heavy atom. The van der Waals surface area contributed by atoms with Gasteiger partial charge in [-0.15, -0.1) is 0 Å². The molecule has 0 spiro atoms. The summed E-state index contributed by atoms with van der Waals surface area (Å²) >= 11 is 5.49. The molecule has 23 heavy (non-hydrogen) atoms. The topological polar surface area (TPSA) is 79.5 Å². The zero-order chi connectivity index (χ0) is 16.7. The lowest BCUT2D eigenvalue weighted by Crippen LogP contribution is -2.32. The van der Waals surface area contributed by atoms with E-state index in [-0.39, 0.29) is 18.9 Å². The molecule has 9 heteroatoms. The van der Waals surface area contributed by atoms with Crippen LogP contribution < -0.4 is 0 Å². The lowest BCUT2D eigenvalue weighted by molar-refractivity contribution is 0.0688. The number of hydrogen-bond acceptors (Lipinski definition) is 5. The summed E-state index contributed by atoms with van der Waals surface area (Å²) in [5.74, 6) is -2.11. The molecule has 122 valence electrons. The monoisotopic (exact) mass is 343 g/mol. The number of hydrogen-bond donors (Lipinski definition) is 1. The summed E-state index contributed by atoms with van der Waals surface area (Å²) < 4.78 is 32.5. The number of aliphatic hydroxyl groups is 1. The van der Waals surface area contributed by atoms with Crippen molar-refractivity contribution in [3.05, 3.63) is 46.1 Å². The van der Waals surface area contributed by atoms with Crippen LogP contribution in [0.5, 0.6) is 0 Å². The molecular weight excluding hydrogens is 332 g/mol. The molecule has 1 aromatic heterocycles. The number of carbonyl (C=O) groups excluding carboxylic acids is 1. The van der Waals surface area contributed by atoms with Gasteiger partial charge in [0.25, 0.3) is 5.91 Å². The van der Waals surface area contributed by atoms with Gasteiger partial charge < -0.3 is 14.5 Å². The first-order valence-corrected chi connectivity index (χ1v) is 7.18. The van der Waals surface area contributed by atoms with E-state index in [1.54, 1.807) is 6.92 Å². The fraction of sp³-hybridized carbons (Fsp3) is 0.357. The van der Waals surface area contributed by atoms with Gasteiger partial charge in [0.2, 0.25) is 5.89 Å². The van der Waals surface area contributed by atoms with Crippen molar-refractivity contribution in [2.75, 3.05) is 6.54 Å². The third kappa shape index (κ3) is 2.91.